The Morgan fingerprint density at radius 2 is 1.47 bits per heavy atom. The lowest BCUT2D eigenvalue weighted by Gasteiger charge is -2.47. The number of carbonyl (C=O) groups excluding carboxylic acids is 2. The molecule has 1 saturated heterocycles. The van der Waals surface area contributed by atoms with Crippen molar-refractivity contribution in [2.24, 2.45) is 5.41 Å². The summed E-state index contributed by atoms with van der Waals surface area (Å²) >= 11 is 6.05. The molecular weight excluding hydrogens is 454 g/mol. The molecule has 3 aromatic carbocycles. The summed E-state index contributed by atoms with van der Waals surface area (Å²) in [4.78, 5) is 33.5. The average Bonchev–Trinajstić information content (AvgIpc) is 2.89. The van der Waals surface area contributed by atoms with Gasteiger partial charge in [0.25, 0.3) is 0 Å². The van der Waals surface area contributed by atoms with Crippen LogP contribution in [0.15, 0.2) is 90.5 Å². The summed E-state index contributed by atoms with van der Waals surface area (Å²) in [5.41, 5.74) is 0.691. The van der Waals surface area contributed by atoms with Crippen LogP contribution in [0, 0.1) is 5.41 Å². The van der Waals surface area contributed by atoms with Crippen molar-refractivity contribution in [3.8, 4) is 0 Å². The van der Waals surface area contributed by atoms with E-state index in [1.165, 1.54) is 14.2 Å². The van der Waals surface area contributed by atoms with E-state index in [0.717, 1.165) is 5.56 Å². The van der Waals surface area contributed by atoms with Crippen molar-refractivity contribution >= 4 is 35.3 Å². The Labute approximate surface area is 203 Å². The highest BCUT2D eigenvalue weighted by molar-refractivity contribution is 6.30. The third-order valence-corrected chi connectivity index (χ3v) is 6.11. The van der Waals surface area contributed by atoms with Gasteiger partial charge in [-0.05, 0) is 41.0 Å². The molecule has 0 spiro atoms. The summed E-state index contributed by atoms with van der Waals surface area (Å²) < 4.78 is 10.5. The Morgan fingerprint density at radius 3 is 2.03 bits per heavy atom. The molecule has 34 heavy (non-hydrogen) atoms. The number of methoxy groups -OCH3 is 2. The summed E-state index contributed by atoms with van der Waals surface area (Å²) in [7, 11) is 2.52. The standard InChI is InChI=1S/C27H24ClNO5/c1-32-25(30)27(26(31)33-2)21(17-19-13-15-22(28)16-14-19)18-34-29(23-11-7-4-8-12-23)24(27)20-9-5-3-6-10-20/h3-17,24H,18H2,1-2H3/b21-17+. The van der Waals surface area contributed by atoms with Gasteiger partial charge in [-0.15, -0.1) is 0 Å². The smallest absolute Gasteiger partial charge is 0.330 e. The lowest BCUT2D eigenvalue weighted by Crippen LogP contribution is -2.57. The Balaban J connectivity index is 2.01. The van der Waals surface area contributed by atoms with Gasteiger partial charge in [0, 0.05) is 5.02 Å². The predicted molar refractivity (Wildman–Crippen MR) is 130 cm³/mol. The molecule has 3 aromatic rings. The highest BCUT2D eigenvalue weighted by atomic mass is 35.5. The van der Waals surface area contributed by atoms with Crippen LogP contribution in [0.4, 0.5) is 5.69 Å². The lowest BCUT2D eigenvalue weighted by atomic mass is 9.69. The molecule has 1 aliphatic heterocycles. The van der Waals surface area contributed by atoms with Crippen LogP contribution in [0.2, 0.25) is 5.02 Å². The first kappa shape index (κ1) is 23.5. The van der Waals surface area contributed by atoms with Crippen LogP contribution < -0.4 is 5.06 Å². The SMILES string of the molecule is COC(=O)C1(C(=O)OC)/C(=C/c2ccc(Cl)cc2)CON(c2ccccc2)C1c1ccccc1. The largest absolute Gasteiger partial charge is 0.468 e. The highest BCUT2D eigenvalue weighted by Crippen LogP contribution is 2.51. The third kappa shape index (κ3) is 4.18. The van der Waals surface area contributed by atoms with E-state index >= 15 is 0 Å². The van der Waals surface area contributed by atoms with Gasteiger partial charge in [-0.3, -0.25) is 14.4 Å². The minimum atomic E-state index is -1.83. The van der Waals surface area contributed by atoms with Crippen molar-refractivity contribution in [3.05, 3.63) is 107 Å². The summed E-state index contributed by atoms with van der Waals surface area (Å²) in [5, 5.41) is 2.16. The Kier molecular flexibility index (Phi) is 7.01. The van der Waals surface area contributed by atoms with Crippen LogP contribution in [0.25, 0.3) is 6.08 Å². The number of ether oxygens (including phenoxy) is 2. The second kappa shape index (κ2) is 10.1. The van der Waals surface area contributed by atoms with Crippen molar-refractivity contribution in [1.29, 1.82) is 0 Å². The fourth-order valence-corrected chi connectivity index (χ4v) is 4.43. The molecular formula is C27H24ClNO5. The third-order valence-electron chi connectivity index (χ3n) is 5.86. The molecule has 0 N–H and O–H groups in total. The van der Waals surface area contributed by atoms with Gasteiger partial charge in [-0.1, -0.05) is 78.3 Å². The Morgan fingerprint density at radius 1 is 0.912 bits per heavy atom. The molecule has 0 amide bonds. The maximum absolute atomic E-state index is 13.6. The normalized spacial score (nSPS) is 18.4. The minimum absolute atomic E-state index is 0.0367. The van der Waals surface area contributed by atoms with E-state index in [1.807, 2.05) is 60.7 Å². The first-order chi connectivity index (χ1) is 16.5. The molecule has 174 valence electrons. The van der Waals surface area contributed by atoms with Crippen LogP contribution in [0.3, 0.4) is 0 Å². The molecule has 1 heterocycles. The van der Waals surface area contributed by atoms with Gasteiger partial charge in [0.15, 0.2) is 0 Å². The van der Waals surface area contributed by atoms with Crippen LogP contribution in [-0.4, -0.2) is 32.8 Å². The summed E-state index contributed by atoms with van der Waals surface area (Å²) in [6, 6.07) is 24.7. The quantitative estimate of drug-likeness (QED) is 0.369. The average molecular weight is 478 g/mol. The van der Waals surface area contributed by atoms with E-state index in [4.69, 9.17) is 25.9 Å². The lowest BCUT2D eigenvalue weighted by molar-refractivity contribution is -0.173. The number of esters is 2. The zero-order valence-electron chi connectivity index (χ0n) is 18.8. The summed E-state index contributed by atoms with van der Waals surface area (Å²) in [6.07, 6.45) is 1.75. The number of hydrogen-bond donors (Lipinski definition) is 0. The fraction of sp³-hybridized carbons (Fsp3) is 0.185. The van der Waals surface area contributed by atoms with E-state index in [9.17, 15) is 9.59 Å². The van der Waals surface area contributed by atoms with Crippen LogP contribution >= 0.6 is 11.6 Å². The number of hydrogen-bond acceptors (Lipinski definition) is 6. The van der Waals surface area contributed by atoms with E-state index in [1.54, 1.807) is 35.4 Å². The van der Waals surface area contributed by atoms with E-state index < -0.39 is 23.4 Å². The first-order valence-electron chi connectivity index (χ1n) is 10.7. The molecule has 0 aromatic heterocycles. The maximum atomic E-state index is 13.6. The van der Waals surface area contributed by atoms with Crippen molar-refractivity contribution in [2.75, 3.05) is 25.9 Å². The number of benzene rings is 3. The number of hydroxylamine groups is 1. The van der Waals surface area contributed by atoms with E-state index in [-0.39, 0.29) is 6.61 Å². The number of carbonyl (C=O) groups is 2. The molecule has 7 heteroatoms. The number of anilines is 1. The molecule has 4 rings (SSSR count). The van der Waals surface area contributed by atoms with Gasteiger partial charge in [-0.25, -0.2) is 5.06 Å². The van der Waals surface area contributed by atoms with Gasteiger partial charge in [0.1, 0.15) is 6.04 Å². The summed E-state index contributed by atoms with van der Waals surface area (Å²) in [5.74, 6) is -1.48. The second-order valence-electron chi connectivity index (χ2n) is 7.76. The molecule has 6 nitrogen and oxygen atoms in total. The summed E-state index contributed by atoms with van der Waals surface area (Å²) in [6.45, 7) is -0.0367. The van der Waals surface area contributed by atoms with Crippen molar-refractivity contribution in [1.82, 2.24) is 0 Å². The minimum Gasteiger partial charge on any atom is -0.468 e. The monoisotopic (exact) mass is 477 g/mol. The molecule has 1 fully saturated rings. The number of rotatable bonds is 5. The molecule has 1 atom stereocenters. The first-order valence-corrected chi connectivity index (χ1v) is 11.1. The predicted octanol–water partition coefficient (Wildman–Crippen LogP) is 5.25. The molecule has 0 saturated carbocycles. The van der Waals surface area contributed by atoms with Crippen molar-refractivity contribution in [3.63, 3.8) is 0 Å². The molecule has 1 unspecified atom stereocenters. The van der Waals surface area contributed by atoms with Gasteiger partial charge in [-0.2, -0.15) is 0 Å². The highest BCUT2D eigenvalue weighted by Gasteiger charge is 2.62. The Hall–Kier alpha value is -3.61. The van der Waals surface area contributed by atoms with Crippen molar-refractivity contribution < 1.29 is 23.9 Å². The van der Waals surface area contributed by atoms with Gasteiger partial charge >= 0.3 is 11.9 Å². The zero-order chi connectivity index (χ0) is 24.1. The zero-order valence-corrected chi connectivity index (χ0v) is 19.6. The maximum Gasteiger partial charge on any atom is 0.330 e. The molecule has 0 radical (unpaired) electrons. The van der Waals surface area contributed by atoms with Gasteiger partial charge in [0.05, 0.1) is 26.5 Å². The van der Waals surface area contributed by atoms with E-state index in [0.29, 0.717) is 21.8 Å². The molecule has 1 aliphatic rings. The van der Waals surface area contributed by atoms with Crippen molar-refractivity contribution in [2.45, 2.75) is 6.04 Å². The topological polar surface area (TPSA) is 65.1 Å². The van der Waals surface area contributed by atoms with Gasteiger partial charge < -0.3 is 9.47 Å². The van der Waals surface area contributed by atoms with Crippen LogP contribution in [0.5, 0.6) is 0 Å². The molecule has 0 bridgehead atoms. The number of halogens is 1. The number of nitrogens with zero attached hydrogens (tertiary/aromatic N) is 1. The molecule has 0 aliphatic carbocycles. The van der Waals surface area contributed by atoms with Gasteiger partial charge in [0.2, 0.25) is 5.41 Å². The van der Waals surface area contributed by atoms with Crippen LogP contribution in [-0.2, 0) is 23.9 Å². The Bertz CT molecular complexity index is 1160. The van der Waals surface area contributed by atoms with E-state index in [2.05, 4.69) is 0 Å². The van der Waals surface area contributed by atoms with Crippen LogP contribution in [0.1, 0.15) is 17.2 Å². The second-order valence-corrected chi connectivity index (χ2v) is 8.20. The fourth-order valence-electron chi connectivity index (χ4n) is 4.30. The number of para-hydroxylation sites is 1.